The van der Waals surface area contributed by atoms with Crippen molar-refractivity contribution >= 4 is 11.6 Å². The molecule has 17 heavy (non-hydrogen) atoms. The number of halogens is 1. The molecule has 1 aromatic heterocycles. The second kappa shape index (κ2) is 6.38. The molecule has 0 saturated heterocycles. The summed E-state index contributed by atoms with van der Waals surface area (Å²) < 4.78 is 1.76. The van der Waals surface area contributed by atoms with Crippen LogP contribution in [0.4, 0.5) is 0 Å². The fourth-order valence-corrected chi connectivity index (χ4v) is 1.79. The van der Waals surface area contributed by atoms with Crippen molar-refractivity contribution in [3.63, 3.8) is 0 Å². The van der Waals surface area contributed by atoms with Crippen molar-refractivity contribution in [3.05, 3.63) is 16.4 Å². The molecule has 0 saturated carbocycles. The zero-order valence-electron chi connectivity index (χ0n) is 11.0. The molecule has 1 aromatic rings. The Bertz CT molecular complexity index is 363. The van der Waals surface area contributed by atoms with Crippen LogP contribution in [0, 0.1) is 19.8 Å². The molecule has 2 N–H and O–H groups in total. The molecular weight excluding hydrogens is 238 g/mol. The highest BCUT2D eigenvalue weighted by Crippen LogP contribution is 2.18. The third-order valence-electron chi connectivity index (χ3n) is 2.61. The highest BCUT2D eigenvalue weighted by Gasteiger charge is 2.12. The zero-order valence-corrected chi connectivity index (χ0v) is 11.8. The van der Waals surface area contributed by atoms with E-state index in [1.165, 1.54) is 0 Å². The van der Waals surface area contributed by atoms with Gasteiger partial charge in [0, 0.05) is 6.54 Å². The van der Waals surface area contributed by atoms with E-state index in [9.17, 15) is 5.11 Å². The van der Waals surface area contributed by atoms with Crippen LogP contribution in [0.25, 0.3) is 0 Å². The Labute approximate surface area is 108 Å². The fraction of sp³-hybridized carbons (Fsp3) is 0.750. The standard InChI is InChI=1S/C12H22ClN3O/c1-8(2)5-14-6-11(17)7-16-10(4)12(13)9(3)15-16/h8,11,14,17H,5-7H2,1-4H3. The Morgan fingerprint density at radius 1 is 1.35 bits per heavy atom. The summed E-state index contributed by atoms with van der Waals surface area (Å²) in [5.41, 5.74) is 1.72. The van der Waals surface area contributed by atoms with Crippen molar-refractivity contribution in [2.75, 3.05) is 13.1 Å². The molecule has 98 valence electrons. The minimum Gasteiger partial charge on any atom is -0.390 e. The van der Waals surface area contributed by atoms with E-state index < -0.39 is 6.10 Å². The Morgan fingerprint density at radius 2 is 2.00 bits per heavy atom. The maximum absolute atomic E-state index is 9.87. The van der Waals surface area contributed by atoms with E-state index in [4.69, 9.17) is 11.6 Å². The van der Waals surface area contributed by atoms with Crippen molar-refractivity contribution in [2.45, 2.75) is 40.3 Å². The molecule has 5 heteroatoms. The van der Waals surface area contributed by atoms with Gasteiger partial charge in [0.25, 0.3) is 0 Å². The van der Waals surface area contributed by atoms with Gasteiger partial charge in [-0.2, -0.15) is 5.10 Å². The SMILES string of the molecule is Cc1nn(CC(O)CNCC(C)C)c(C)c1Cl. The maximum atomic E-state index is 9.87. The van der Waals surface area contributed by atoms with Gasteiger partial charge in [-0.25, -0.2) is 0 Å². The largest absolute Gasteiger partial charge is 0.390 e. The van der Waals surface area contributed by atoms with Crippen molar-refractivity contribution in [3.8, 4) is 0 Å². The van der Waals surface area contributed by atoms with Gasteiger partial charge in [0.05, 0.1) is 29.1 Å². The first-order valence-electron chi connectivity index (χ1n) is 6.00. The van der Waals surface area contributed by atoms with Crippen LogP contribution < -0.4 is 5.32 Å². The first-order chi connectivity index (χ1) is 7.91. The van der Waals surface area contributed by atoms with Gasteiger partial charge in [0.1, 0.15) is 0 Å². The second-order valence-electron chi connectivity index (χ2n) is 4.87. The average molecular weight is 260 g/mol. The number of nitrogens with zero attached hydrogens (tertiary/aromatic N) is 2. The molecule has 0 aliphatic carbocycles. The van der Waals surface area contributed by atoms with Gasteiger partial charge in [-0.1, -0.05) is 25.4 Å². The van der Waals surface area contributed by atoms with Crippen LogP contribution in [0.5, 0.6) is 0 Å². The van der Waals surface area contributed by atoms with E-state index in [2.05, 4.69) is 24.3 Å². The highest BCUT2D eigenvalue weighted by atomic mass is 35.5. The number of aliphatic hydroxyl groups excluding tert-OH is 1. The summed E-state index contributed by atoms with van der Waals surface area (Å²) in [6, 6.07) is 0. The van der Waals surface area contributed by atoms with Crippen LogP contribution in [0.2, 0.25) is 5.02 Å². The molecule has 4 nitrogen and oxygen atoms in total. The summed E-state index contributed by atoms with van der Waals surface area (Å²) in [5, 5.41) is 18.1. The Morgan fingerprint density at radius 3 is 2.47 bits per heavy atom. The van der Waals surface area contributed by atoms with Crippen molar-refractivity contribution < 1.29 is 5.11 Å². The molecule has 0 aliphatic heterocycles. The number of hydrogen-bond acceptors (Lipinski definition) is 3. The third-order valence-corrected chi connectivity index (χ3v) is 3.16. The van der Waals surface area contributed by atoms with E-state index >= 15 is 0 Å². The number of hydrogen-bond donors (Lipinski definition) is 2. The third kappa shape index (κ3) is 4.30. The minimum atomic E-state index is -0.442. The van der Waals surface area contributed by atoms with Crippen LogP contribution in [0.3, 0.4) is 0 Å². The molecule has 1 heterocycles. The number of aliphatic hydroxyl groups is 1. The van der Waals surface area contributed by atoms with Crippen LogP contribution in [-0.4, -0.2) is 34.1 Å². The molecule has 1 atom stereocenters. The van der Waals surface area contributed by atoms with Crippen molar-refractivity contribution in [1.29, 1.82) is 0 Å². The summed E-state index contributed by atoms with van der Waals surface area (Å²) in [7, 11) is 0. The van der Waals surface area contributed by atoms with Crippen LogP contribution in [0.15, 0.2) is 0 Å². The summed E-state index contributed by atoms with van der Waals surface area (Å²) in [5.74, 6) is 0.588. The van der Waals surface area contributed by atoms with Gasteiger partial charge >= 0.3 is 0 Å². The Balaban J connectivity index is 2.45. The summed E-state index contributed by atoms with van der Waals surface area (Å²) in [6.07, 6.45) is -0.442. The minimum absolute atomic E-state index is 0.442. The second-order valence-corrected chi connectivity index (χ2v) is 5.25. The number of nitrogens with one attached hydrogen (secondary N) is 1. The van der Waals surface area contributed by atoms with E-state index in [1.807, 2.05) is 13.8 Å². The monoisotopic (exact) mass is 259 g/mol. The van der Waals surface area contributed by atoms with Crippen LogP contribution in [0.1, 0.15) is 25.2 Å². The smallest absolute Gasteiger partial charge is 0.0860 e. The molecule has 1 unspecified atom stereocenters. The average Bonchev–Trinajstić information content (AvgIpc) is 2.46. The van der Waals surface area contributed by atoms with Gasteiger partial charge in [-0.05, 0) is 26.3 Å². The molecule has 0 radical (unpaired) electrons. The molecule has 0 spiro atoms. The lowest BCUT2D eigenvalue weighted by Gasteiger charge is -2.14. The lowest BCUT2D eigenvalue weighted by Crippen LogP contribution is -2.32. The van der Waals surface area contributed by atoms with Gasteiger partial charge in [0.15, 0.2) is 0 Å². The number of aryl methyl sites for hydroxylation is 1. The lowest BCUT2D eigenvalue weighted by molar-refractivity contribution is 0.145. The Hall–Kier alpha value is -0.580. The van der Waals surface area contributed by atoms with Crippen molar-refractivity contribution in [2.24, 2.45) is 5.92 Å². The van der Waals surface area contributed by atoms with Crippen LogP contribution >= 0.6 is 11.6 Å². The molecule has 0 aromatic carbocycles. The quantitative estimate of drug-likeness (QED) is 0.819. The van der Waals surface area contributed by atoms with Gasteiger partial charge in [-0.15, -0.1) is 0 Å². The first-order valence-corrected chi connectivity index (χ1v) is 6.38. The Kier molecular flexibility index (Phi) is 5.43. The van der Waals surface area contributed by atoms with E-state index in [0.29, 0.717) is 24.0 Å². The highest BCUT2D eigenvalue weighted by molar-refractivity contribution is 6.31. The lowest BCUT2D eigenvalue weighted by atomic mass is 10.2. The number of aromatic nitrogens is 2. The van der Waals surface area contributed by atoms with E-state index in [1.54, 1.807) is 4.68 Å². The predicted molar refractivity (Wildman–Crippen MR) is 70.4 cm³/mol. The van der Waals surface area contributed by atoms with E-state index in [0.717, 1.165) is 17.9 Å². The van der Waals surface area contributed by atoms with Crippen molar-refractivity contribution in [1.82, 2.24) is 15.1 Å². The zero-order chi connectivity index (χ0) is 13.0. The van der Waals surface area contributed by atoms with Gasteiger partial charge in [-0.3, -0.25) is 4.68 Å². The molecule has 0 fully saturated rings. The topological polar surface area (TPSA) is 50.1 Å². The molecule has 0 bridgehead atoms. The van der Waals surface area contributed by atoms with Crippen LogP contribution in [-0.2, 0) is 6.54 Å². The predicted octanol–water partition coefficient (Wildman–Crippen LogP) is 1.76. The number of rotatable bonds is 6. The maximum Gasteiger partial charge on any atom is 0.0860 e. The van der Waals surface area contributed by atoms with Gasteiger partial charge < -0.3 is 10.4 Å². The van der Waals surface area contributed by atoms with E-state index in [-0.39, 0.29) is 0 Å². The molecule has 0 amide bonds. The normalized spacial score (nSPS) is 13.4. The summed E-state index contributed by atoms with van der Waals surface area (Å²) in [4.78, 5) is 0. The first kappa shape index (κ1) is 14.5. The summed E-state index contributed by atoms with van der Waals surface area (Å²) >= 11 is 6.05. The molecular formula is C12H22ClN3O. The van der Waals surface area contributed by atoms with Gasteiger partial charge in [0.2, 0.25) is 0 Å². The molecule has 1 rings (SSSR count). The summed E-state index contributed by atoms with van der Waals surface area (Å²) in [6.45, 7) is 10.0. The fourth-order valence-electron chi connectivity index (χ4n) is 1.66. The molecule has 0 aliphatic rings.